The van der Waals surface area contributed by atoms with Gasteiger partial charge in [0.1, 0.15) is 58.6 Å². The van der Waals surface area contributed by atoms with Crippen molar-refractivity contribution in [2.75, 3.05) is 5.32 Å². The van der Waals surface area contributed by atoms with Crippen LogP contribution in [0, 0.1) is 23.3 Å². The predicted octanol–water partition coefficient (Wildman–Crippen LogP) is 4.79. The number of hydrogen-bond donors (Lipinski definition) is 7. The van der Waals surface area contributed by atoms with Crippen LogP contribution < -0.4 is 21.3 Å². The van der Waals surface area contributed by atoms with E-state index in [1.54, 1.807) is 0 Å². The molecular formula is C40H34F4N4O7. The Bertz CT molecular complexity index is 2170. The summed E-state index contributed by atoms with van der Waals surface area (Å²) in [5.74, 6) is -8.18. The van der Waals surface area contributed by atoms with Crippen molar-refractivity contribution in [2.24, 2.45) is 0 Å². The van der Waals surface area contributed by atoms with Crippen molar-refractivity contribution in [1.82, 2.24) is 16.0 Å². The fraction of sp³-hybridized carbons (Fsp3) is 0.150. The van der Waals surface area contributed by atoms with E-state index >= 15 is 0 Å². The number of halogens is 4. The Morgan fingerprint density at radius 2 is 0.855 bits per heavy atom. The molecule has 0 radical (unpaired) electrons. The summed E-state index contributed by atoms with van der Waals surface area (Å²) in [6.07, 6.45) is -0.628. The largest absolute Gasteiger partial charge is 0.508 e. The van der Waals surface area contributed by atoms with Crippen LogP contribution >= 0.6 is 0 Å². The van der Waals surface area contributed by atoms with Crippen LogP contribution in [0.25, 0.3) is 0 Å². The molecule has 0 saturated carbocycles. The number of amides is 4. The normalized spacial score (nSPS) is 12.5. The number of nitrogens with one attached hydrogen (secondary N) is 4. The molecule has 7 N–H and O–H groups in total. The number of rotatable bonds is 14. The Hall–Kier alpha value is -6.90. The van der Waals surface area contributed by atoms with E-state index in [1.165, 1.54) is 72.8 Å². The summed E-state index contributed by atoms with van der Waals surface area (Å²) in [6, 6.07) is 17.3. The average molecular weight is 759 g/mol. The summed E-state index contributed by atoms with van der Waals surface area (Å²) in [4.78, 5) is 54.8. The van der Waals surface area contributed by atoms with Crippen molar-refractivity contribution >= 4 is 29.3 Å². The van der Waals surface area contributed by atoms with Crippen molar-refractivity contribution in [3.63, 3.8) is 0 Å². The van der Waals surface area contributed by atoms with Gasteiger partial charge in [0.2, 0.25) is 17.7 Å². The van der Waals surface area contributed by atoms with Gasteiger partial charge in [0.15, 0.2) is 0 Å². The minimum absolute atomic E-state index is 0.0741. The zero-order chi connectivity index (χ0) is 39.6. The maximum atomic E-state index is 14.6. The first kappa shape index (κ1) is 39.3. The summed E-state index contributed by atoms with van der Waals surface area (Å²) in [6.45, 7) is 0. The second-order valence-electron chi connectivity index (χ2n) is 12.5. The van der Waals surface area contributed by atoms with Crippen LogP contribution in [0.4, 0.5) is 23.2 Å². The second-order valence-corrected chi connectivity index (χ2v) is 12.5. The van der Waals surface area contributed by atoms with Gasteiger partial charge in [-0.1, -0.05) is 36.4 Å². The maximum absolute atomic E-state index is 14.6. The number of carbonyl (C=O) groups is 4. The molecule has 5 aromatic carbocycles. The summed E-state index contributed by atoms with van der Waals surface area (Å²) in [5, 5.41) is 39.2. The van der Waals surface area contributed by atoms with Crippen LogP contribution in [0.15, 0.2) is 109 Å². The molecule has 5 aromatic rings. The van der Waals surface area contributed by atoms with Crippen molar-refractivity contribution in [1.29, 1.82) is 0 Å². The number of phenols is 3. The monoisotopic (exact) mass is 758 g/mol. The average Bonchev–Trinajstić information content (AvgIpc) is 3.14. The molecule has 0 saturated heterocycles. The first-order chi connectivity index (χ1) is 26.2. The minimum Gasteiger partial charge on any atom is -0.508 e. The van der Waals surface area contributed by atoms with Crippen LogP contribution in [0.2, 0.25) is 0 Å². The zero-order valence-electron chi connectivity index (χ0n) is 28.7. The highest BCUT2D eigenvalue weighted by Gasteiger charge is 2.31. The second kappa shape index (κ2) is 17.7. The molecule has 0 fully saturated rings. The zero-order valence-corrected chi connectivity index (χ0v) is 28.7. The molecule has 15 heteroatoms. The molecule has 0 aliphatic rings. The molecule has 55 heavy (non-hydrogen) atoms. The summed E-state index contributed by atoms with van der Waals surface area (Å²) in [7, 11) is 0. The first-order valence-corrected chi connectivity index (χ1v) is 16.7. The van der Waals surface area contributed by atoms with Crippen LogP contribution in [-0.2, 0) is 33.6 Å². The molecule has 0 aromatic heterocycles. The molecule has 5 rings (SSSR count). The molecule has 0 heterocycles. The Balaban J connectivity index is 1.45. The van der Waals surface area contributed by atoms with Crippen LogP contribution in [0.5, 0.6) is 17.2 Å². The summed E-state index contributed by atoms with van der Waals surface area (Å²) < 4.78 is 56.3. The Morgan fingerprint density at radius 1 is 0.473 bits per heavy atom. The standard InChI is InChI=1S/C40H34F4N4O7/c41-25-7-15-30(31(43)20-25)37(52)46-34(17-22-1-9-27(49)10-2-22)39(54)48-36(19-24-5-13-29(51)14-6-24)40(55)47-35(18-23-3-11-28(50)12-4-23)38(53)45-33-16-8-26(42)21-32(33)44/h1-16,20-21,34-36,49-51H,17-19H2,(H,45,53)(H,46,52)(H,47,55)(H,48,54)/t34-,35-,36-/m0/s1. The van der Waals surface area contributed by atoms with Gasteiger partial charge in [0.05, 0.1) is 11.3 Å². The highest BCUT2D eigenvalue weighted by atomic mass is 19.1. The Labute approximate surface area is 311 Å². The van der Waals surface area contributed by atoms with Crippen molar-refractivity contribution in [3.05, 3.63) is 155 Å². The van der Waals surface area contributed by atoms with E-state index in [-0.39, 0.29) is 42.2 Å². The van der Waals surface area contributed by atoms with Gasteiger partial charge in [0.25, 0.3) is 5.91 Å². The molecule has 0 spiro atoms. The van der Waals surface area contributed by atoms with E-state index < -0.39 is 70.6 Å². The molecule has 0 unspecified atom stereocenters. The van der Waals surface area contributed by atoms with Crippen LogP contribution in [0.1, 0.15) is 27.0 Å². The van der Waals surface area contributed by atoms with Gasteiger partial charge in [-0.05, 0) is 77.4 Å². The van der Waals surface area contributed by atoms with Gasteiger partial charge in [0, 0.05) is 31.4 Å². The number of hydrogen-bond acceptors (Lipinski definition) is 7. The summed E-state index contributed by atoms with van der Waals surface area (Å²) in [5.41, 5.74) is 0.399. The Morgan fingerprint density at radius 3 is 1.27 bits per heavy atom. The molecule has 4 amide bonds. The van der Waals surface area contributed by atoms with E-state index in [0.29, 0.717) is 28.8 Å². The quantitative estimate of drug-likeness (QED) is 0.0797. The van der Waals surface area contributed by atoms with E-state index in [1.807, 2.05) is 0 Å². The lowest BCUT2D eigenvalue weighted by molar-refractivity contribution is -0.131. The smallest absolute Gasteiger partial charge is 0.254 e. The highest BCUT2D eigenvalue weighted by Crippen LogP contribution is 2.19. The minimum atomic E-state index is -1.48. The maximum Gasteiger partial charge on any atom is 0.254 e. The van der Waals surface area contributed by atoms with Gasteiger partial charge < -0.3 is 36.6 Å². The number of anilines is 1. The third kappa shape index (κ3) is 11.1. The van der Waals surface area contributed by atoms with E-state index in [9.17, 15) is 52.1 Å². The van der Waals surface area contributed by atoms with Crippen LogP contribution in [-0.4, -0.2) is 57.1 Å². The molecule has 284 valence electrons. The SMILES string of the molecule is O=C(N[C@@H](Cc1ccc(O)cc1)C(=O)N[C@@H](Cc1ccc(O)cc1)C(=O)N[C@@H](Cc1ccc(O)cc1)C(=O)Nc1ccc(F)cc1F)c1ccc(F)cc1F. The number of benzene rings is 5. The lowest BCUT2D eigenvalue weighted by Gasteiger charge is -2.26. The molecule has 3 atom stereocenters. The molecule has 0 aliphatic heterocycles. The fourth-order valence-electron chi connectivity index (χ4n) is 5.50. The lowest BCUT2D eigenvalue weighted by atomic mass is 10.0. The van der Waals surface area contributed by atoms with E-state index in [2.05, 4.69) is 21.3 Å². The third-order valence-corrected chi connectivity index (χ3v) is 8.38. The number of aromatic hydroxyl groups is 3. The fourth-order valence-corrected chi connectivity index (χ4v) is 5.50. The first-order valence-electron chi connectivity index (χ1n) is 16.7. The van der Waals surface area contributed by atoms with Gasteiger partial charge in [-0.15, -0.1) is 0 Å². The van der Waals surface area contributed by atoms with E-state index in [0.717, 1.165) is 24.3 Å². The van der Waals surface area contributed by atoms with Gasteiger partial charge in [-0.2, -0.15) is 0 Å². The highest BCUT2D eigenvalue weighted by molar-refractivity contribution is 6.00. The number of carbonyl (C=O) groups excluding carboxylic acids is 4. The molecule has 0 bridgehead atoms. The van der Waals surface area contributed by atoms with Gasteiger partial charge in [-0.3, -0.25) is 19.2 Å². The van der Waals surface area contributed by atoms with Gasteiger partial charge in [-0.25, -0.2) is 17.6 Å². The van der Waals surface area contributed by atoms with Crippen molar-refractivity contribution in [3.8, 4) is 17.2 Å². The molecule has 11 nitrogen and oxygen atoms in total. The lowest BCUT2D eigenvalue weighted by Crippen LogP contribution is -2.57. The van der Waals surface area contributed by atoms with Crippen molar-refractivity contribution in [2.45, 2.75) is 37.4 Å². The number of phenolic OH excluding ortho intramolecular Hbond substituents is 3. The predicted molar refractivity (Wildman–Crippen MR) is 192 cm³/mol. The van der Waals surface area contributed by atoms with Crippen molar-refractivity contribution < 1.29 is 52.1 Å². The van der Waals surface area contributed by atoms with Gasteiger partial charge >= 0.3 is 0 Å². The molecular weight excluding hydrogens is 724 g/mol. The van der Waals surface area contributed by atoms with Crippen LogP contribution in [0.3, 0.4) is 0 Å². The van der Waals surface area contributed by atoms with E-state index in [4.69, 9.17) is 0 Å². The Kier molecular flexibility index (Phi) is 12.7. The summed E-state index contributed by atoms with van der Waals surface area (Å²) >= 11 is 0. The topological polar surface area (TPSA) is 177 Å². The molecule has 0 aliphatic carbocycles. The third-order valence-electron chi connectivity index (χ3n) is 8.38.